The van der Waals surface area contributed by atoms with E-state index in [1.165, 1.54) is 0 Å². The number of hydrogen-bond donors (Lipinski definition) is 2. The van der Waals surface area contributed by atoms with Crippen molar-refractivity contribution < 1.29 is 9.59 Å². The van der Waals surface area contributed by atoms with Gasteiger partial charge in [0.25, 0.3) is 0 Å². The Hall–Kier alpha value is -0.810. The number of rotatable bonds is 2. The van der Waals surface area contributed by atoms with Crippen LogP contribution in [0.25, 0.3) is 0 Å². The van der Waals surface area contributed by atoms with Crippen LogP contribution in [-0.2, 0) is 9.59 Å². The first-order valence-electron chi connectivity index (χ1n) is 6.45. The van der Waals surface area contributed by atoms with Gasteiger partial charge in [-0.25, -0.2) is 0 Å². The van der Waals surface area contributed by atoms with Crippen LogP contribution in [0.2, 0.25) is 0 Å². The molecule has 1 saturated heterocycles. The van der Waals surface area contributed by atoms with Gasteiger partial charge < -0.3 is 16.4 Å². The SMILES string of the molecule is Cl.NC(=O)C1CCCN1C(=O)C1CCCC(N)C1. The lowest BCUT2D eigenvalue weighted by molar-refractivity contribution is -0.141. The highest BCUT2D eigenvalue weighted by molar-refractivity contribution is 5.88. The molecule has 0 aromatic rings. The highest BCUT2D eigenvalue weighted by atomic mass is 35.5. The molecule has 1 heterocycles. The minimum atomic E-state index is -0.388. The molecular formula is C12H22ClN3O2. The van der Waals surface area contributed by atoms with Crippen LogP contribution >= 0.6 is 12.4 Å². The first-order chi connectivity index (χ1) is 8.09. The van der Waals surface area contributed by atoms with Gasteiger partial charge in [-0.2, -0.15) is 0 Å². The molecule has 0 bridgehead atoms. The Morgan fingerprint density at radius 2 is 1.83 bits per heavy atom. The Morgan fingerprint density at radius 3 is 2.44 bits per heavy atom. The Morgan fingerprint density at radius 1 is 1.11 bits per heavy atom. The van der Waals surface area contributed by atoms with E-state index >= 15 is 0 Å². The molecule has 1 aliphatic carbocycles. The fraction of sp³-hybridized carbons (Fsp3) is 0.833. The van der Waals surface area contributed by atoms with Crippen LogP contribution in [0.1, 0.15) is 38.5 Å². The van der Waals surface area contributed by atoms with Crippen molar-refractivity contribution in [3.05, 3.63) is 0 Å². The summed E-state index contributed by atoms with van der Waals surface area (Å²) in [6.07, 6.45) is 5.24. The van der Waals surface area contributed by atoms with Crippen molar-refractivity contribution >= 4 is 24.2 Å². The van der Waals surface area contributed by atoms with Crippen LogP contribution in [0.15, 0.2) is 0 Å². The molecular weight excluding hydrogens is 254 g/mol. The van der Waals surface area contributed by atoms with Crippen molar-refractivity contribution in [2.24, 2.45) is 17.4 Å². The van der Waals surface area contributed by atoms with Crippen LogP contribution in [0.4, 0.5) is 0 Å². The first-order valence-corrected chi connectivity index (χ1v) is 6.45. The second-order valence-corrected chi connectivity index (χ2v) is 5.22. The van der Waals surface area contributed by atoms with E-state index < -0.39 is 0 Å². The molecule has 0 aromatic heterocycles. The maximum Gasteiger partial charge on any atom is 0.240 e. The Bertz CT molecular complexity index is 324. The van der Waals surface area contributed by atoms with Crippen molar-refractivity contribution in [1.29, 1.82) is 0 Å². The molecule has 3 unspecified atom stereocenters. The average molecular weight is 276 g/mol. The molecule has 4 N–H and O–H groups in total. The van der Waals surface area contributed by atoms with Gasteiger partial charge >= 0.3 is 0 Å². The summed E-state index contributed by atoms with van der Waals surface area (Å²) >= 11 is 0. The van der Waals surface area contributed by atoms with Gasteiger partial charge in [-0.15, -0.1) is 12.4 Å². The molecule has 2 fully saturated rings. The Kier molecular flexibility index (Phi) is 5.41. The largest absolute Gasteiger partial charge is 0.368 e. The van der Waals surface area contributed by atoms with Gasteiger partial charge in [-0.1, -0.05) is 6.42 Å². The number of primary amides is 1. The summed E-state index contributed by atoms with van der Waals surface area (Å²) in [7, 11) is 0. The van der Waals surface area contributed by atoms with E-state index in [4.69, 9.17) is 11.5 Å². The molecule has 0 spiro atoms. The van der Waals surface area contributed by atoms with E-state index in [9.17, 15) is 9.59 Å². The standard InChI is InChI=1S/C12H21N3O2.ClH/c13-9-4-1-3-8(7-9)12(17)15-6-2-5-10(15)11(14)16;/h8-10H,1-7,13H2,(H2,14,16);1H. The Balaban J connectivity index is 0.00000162. The van der Waals surface area contributed by atoms with Crippen LogP contribution in [-0.4, -0.2) is 35.3 Å². The highest BCUT2D eigenvalue weighted by Crippen LogP contribution is 2.28. The number of nitrogens with zero attached hydrogens (tertiary/aromatic N) is 1. The second kappa shape index (κ2) is 6.38. The summed E-state index contributed by atoms with van der Waals surface area (Å²) in [5.74, 6) is -0.295. The average Bonchev–Trinajstić information content (AvgIpc) is 2.77. The molecule has 3 atom stereocenters. The second-order valence-electron chi connectivity index (χ2n) is 5.22. The monoisotopic (exact) mass is 275 g/mol. The van der Waals surface area contributed by atoms with E-state index in [1.54, 1.807) is 4.90 Å². The van der Waals surface area contributed by atoms with E-state index in [2.05, 4.69) is 0 Å². The number of carbonyl (C=O) groups is 2. The lowest BCUT2D eigenvalue weighted by Gasteiger charge is -2.31. The fourth-order valence-electron chi connectivity index (χ4n) is 3.01. The summed E-state index contributed by atoms with van der Waals surface area (Å²) in [6.45, 7) is 0.665. The molecule has 2 aliphatic rings. The van der Waals surface area contributed by atoms with Gasteiger partial charge in [0.05, 0.1) is 0 Å². The van der Waals surface area contributed by atoms with Gasteiger partial charge in [-0.05, 0) is 32.1 Å². The van der Waals surface area contributed by atoms with Crippen LogP contribution < -0.4 is 11.5 Å². The smallest absolute Gasteiger partial charge is 0.240 e. The van der Waals surface area contributed by atoms with Gasteiger partial charge in [0.2, 0.25) is 11.8 Å². The predicted molar refractivity (Wildman–Crippen MR) is 71.1 cm³/mol. The molecule has 104 valence electrons. The number of carbonyl (C=O) groups excluding carboxylic acids is 2. The lowest BCUT2D eigenvalue weighted by atomic mass is 9.85. The van der Waals surface area contributed by atoms with Crippen molar-refractivity contribution in [3.8, 4) is 0 Å². The third-order valence-corrected chi connectivity index (χ3v) is 3.93. The number of nitrogens with two attached hydrogens (primary N) is 2. The Labute approximate surface area is 114 Å². The summed E-state index contributed by atoms with van der Waals surface area (Å²) in [5, 5.41) is 0. The maximum atomic E-state index is 12.3. The summed E-state index contributed by atoms with van der Waals surface area (Å²) in [5.41, 5.74) is 11.2. The van der Waals surface area contributed by atoms with Gasteiger partial charge in [0, 0.05) is 18.5 Å². The molecule has 5 nitrogen and oxygen atoms in total. The lowest BCUT2D eigenvalue weighted by Crippen LogP contribution is -2.47. The molecule has 2 rings (SSSR count). The van der Waals surface area contributed by atoms with Gasteiger partial charge in [0.1, 0.15) is 6.04 Å². The van der Waals surface area contributed by atoms with Gasteiger partial charge in [0.15, 0.2) is 0 Å². The molecule has 0 radical (unpaired) electrons. The van der Waals surface area contributed by atoms with E-state index in [1.807, 2.05) is 0 Å². The third kappa shape index (κ3) is 3.14. The molecule has 1 aliphatic heterocycles. The molecule has 1 saturated carbocycles. The number of hydrogen-bond acceptors (Lipinski definition) is 3. The van der Waals surface area contributed by atoms with E-state index in [-0.39, 0.29) is 42.2 Å². The molecule has 0 aromatic carbocycles. The minimum absolute atomic E-state index is 0. The van der Waals surface area contributed by atoms with Crippen LogP contribution in [0, 0.1) is 5.92 Å². The highest BCUT2D eigenvalue weighted by Gasteiger charge is 2.37. The van der Waals surface area contributed by atoms with Crippen LogP contribution in [0.5, 0.6) is 0 Å². The van der Waals surface area contributed by atoms with E-state index in [0.29, 0.717) is 13.0 Å². The normalized spacial score (nSPS) is 31.8. The predicted octanol–water partition coefficient (Wildman–Crippen LogP) is 0.402. The van der Waals surface area contributed by atoms with Crippen molar-refractivity contribution in [1.82, 2.24) is 4.90 Å². The zero-order valence-electron chi connectivity index (χ0n) is 10.5. The van der Waals surface area contributed by atoms with E-state index in [0.717, 1.165) is 32.1 Å². The zero-order chi connectivity index (χ0) is 12.4. The van der Waals surface area contributed by atoms with Crippen LogP contribution in [0.3, 0.4) is 0 Å². The number of amides is 2. The fourth-order valence-corrected chi connectivity index (χ4v) is 3.01. The van der Waals surface area contributed by atoms with Gasteiger partial charge in [-0.3, -0.25) is 9.59 Å². The quantitative estimate of drug-likeness (QED) is 0.764. The summed E-state index contributed by atoms with van der Waals surface area (Å²) in [6, 6.07) is -0.256. The molecule has 18 heavy (non-hydrogen) atoms. The summed E-state index contributed by atoms with van der Waals surface area (Å²) in [4.78, 5) is 25.3. The topological polar surface area (TPSA) is 89.4 Å². The summed E-state index contributed by atoms with van der Waals surface area (Å²) < 4.78 is 0. The third-order valence-electron chi connectivity index (χ3n) is 3.93. The number of likely N-dealkylation sites (tertiary alicyclic amines) is 1. The zero-order valence-corrected chi connectivity index (χ0v) is 11.3. The van der Waals surface area contributed by atoms with Crippen molar-refractivity contribution in [3.63, 3.8) is 0 Å². The number of halogens is 1. The van der Waals surface area contributed by atoms with Crippen molar-refractivity contribution in [2.45, 2.75) is 50.6 Å². The maximum absolute atomic E-state index is 12.3. The minimum Gasteiger partial charge on any atom is -0.368 e. The first kappa shape index (κ1) is 15.2. The van der Waals surface area contributed by atoms with Crippen molar-refractivity contribution in [2.75, 3.05) is 6.54 Å². The molecule has 2 amide bonds. The molecule has 6 heteroatoms.